The van der Waals surface area contributed by atoms with Crippen molar-refractivity contribution < 1.29 is 19.7 Å². The maximum absolute atomic E-state index is 10.9. The third-order valence-corrected chi connectivity index (χ3v) is 6.42. The summed E-state index contributed by atoms with van der Waals surface area (Å²) in [5.74, 6) is 0.892. The van der Waals surface area contributed by atoms with Crippen LogP contribution in [0.3, 0.4) is 0 Å². The number of aryl methyl sites for hydroxylation is 3. The number of hydrogen-bond acceptors (Lipinski definition) is 3. The molecule has 0 saturated heterocycles. The number of carbonyl (C=O) groups is 1. The second-order valence-electron chi connectivity index (χ2n) is 8.04. The van der Waals surface area contributed by atoms with Crippen LogP contribution in [0.1, 0.15) is 48.4 Å². The zero-order valence-corrected chi connectivity index (χ0v) is 21.2. The van der Waals surface area contributed by atoms with E-state index in [1.54, 1.807) is 0 Å². The first-order valence-corrected chi connectivity index (χ1v) is 12.1. The average Bonchev–Trinajstić information content (AvgIpc) is 2.75. The number of carboxylic acids is 1. The lowest BCUT2D eigenvalue weighted by Crippen LogP contribution is -2.00. The Bertz CT molecular complexity index is 1070. The molecule has 0 bridgehead atoms. The summed E-state index contributed by atoms with van der Waals surface area (Å²) < 4.78 is 7.71. The van der Waals surface area contributed by atoms with E-state index in [4.69, 9.17) is 9.84 Å². The summed E-state index contributed by atoms with van der Waals surface area (Å²) in [6.45, 7) is 4.09. The molecule has 2 N–H and O–H groups in total. The van der Waals surface area contributed by atoms with Crippen molar-refractivity contribution in [3.63, 3.8) is 0 Å². The molecule has 3 rings (SSSR count). The van der Waals surface area contributed by atoms with Gasteiger partial charge in [-0.25, -0.2) is 0 Å². The Kier molecular flexibility index (Phi) is 8.38. The molecule has 0 aliphatic carbocycles. The summed E-state index contributed by atoms with van der Waals surface area (Å²) in [6.07, 6.45) is 2.02. The quantitative estimate of drug-likeness (QED) is 0.282. The maximum Gasteiger partial charge on any atom is 0.303 e. The van der Waals surface area contributed by atoms with Crippen LogP contribution in [0, 0.1) is 0 Å². The van der Waals surface area contributed by atoms with Crippen LogP contribution in [0.25, 0.3) is 0 Å². The van der Waals surface area contributed by atoms with Crippen LogP contribution in [0.5, 0.6) is 17.2 Å². The van der Waals surface area contributed by atoms with Gasteiger partial charge < -0.3 is 14.9 Å². The number of carboxylic acid groups (broad SMARTS) is 1. The lowest BCUT2D eigenvalue weighted by atomic mass is 9.95. The van der Waals surface area contributed by atoms with E-state index in [2.05, 4.69) is 44.0 Å². The van der Waals surface area contributed by atoms with E-state index in [-0.39, 0.29) is 12.3 Å². The van der Waals surface area contributed by atoms with Crippen molar-refractivity contribution >= 4 is 37.8 Å². The van der Waals surface area contributed by atoms with Crippen LogP contribution in [0.4, 0.5) is 0 Å². The molecule has 0 spiro atoms. The van der Waals surface area contributed by atoms with Gasteiger partial charge in [0.05, 0.1) is 8.95 Å². The number of halogens is 2. The largest absolute Gasteiger partial charge is 0.507 e. The monoisotopic (exact) mass is 560 g/mol. The minimum Gasteiger partial charge on any atom is -0.507 e. The van der Waals surface area contributed by atoms with Crippen LogP contribution in [0.15, 0.2) is 63.5 Å². The van der Waals surface area contributed by atoms with Crippen LogP contribution in [-0.4, -0.2) is 16.2 Å². The van der Waals surface area contributed by atoms with Crippen molar-refractivity contribution in [2.24, 2.45) is 0 Å². The fourth-order valence-corrected chi connectivity index (χ4v) is 4.97. The number of benzene rings is 3. The number of phenolic OH excluding ortho intramolecular Hbond substituents is 1. The molecule has 0 aliphatic heterocycles. The summed E-state index contributed by atoms with van der Waals surface area (Å²) in [5, 5.41) is 19.8. The third kappa shape index (κ3) is 6.36. The molecular weight excluding hydrogens is 536 g/mol. The van der Waals surface area contributed by atoms with Crippen LogP contribution < -0.4 is 4.74 Å². The van der Waals surface area contributed by atoms with Gasteiger partial charge in [0.2, 0.25) is 0 Å². The second-order valence-corrected chi connectivity index (χ2v) is 9.75. The maximum atomic E-state index is 10.9. The molecule has 3 aromatic rings. The van der Waals surface area contributed by atoms with Gasteiger partial charge in [-0.1, -0.05) is 44.2 Å². The molecule has 3 aromatic carbocycles. The van der Waals surface area contributed by atoms with E-state index in [0.717, 1.165) is 32.1 Å². The predicted octanol–water partition coefficient (Wildman–Crippen LogP) is 7.64. The zero-order chi connectivity index (χ0) is 23.3. The first-order chi connectivity index (χ1) is 15.2. The molecule has 0 amide bonds. The highest BCUT2D eigenvalue weighted by Crippen LogP contribution is 2.41. The molecule has 168 valence electrons. The summed E-state index contributed by atoms with van der Waals surface area (Å²) in [4.78, 5) is 10.9. The second kappa shape index (κ2) is 11.0. The molecule has 0 heterocycles. The molecule has 32 heavy (non-hydrogen) atoms. The first-order valence-electron chi connectivity index (χ1n) is 10.5. The van der Waals surface area contributed by atoms with E-state index in [1.165, 1.54) is 5.56 Å². The van der Waals surface area contributed by atoms with E-state index in [0.29, 0.717) is 30.1 Å². The van der Waals surface area contributed by atoms with Gasteiger partial charge in [-0.2, -0.15) is 0 Å². The zero-order valence-electron chi connectivity index (χ0n) is 18.1. The van der Waals surface area contributed by atoms with Gasteiger partial charge in [-0.05, 0) is 98.0 Å². The molecule has 4 nitrogen and oxygen atoms in total. The Morgan fingerprint density at radius 3 is 2.19 bits per heavy atom. The molecule has 0 aliphatic rings. The number of aliphatic carboxylic acids is 1. The standard InChI is InChI=1S/C26H26Br2O4/c1-16(2)21-15-20(14-19(25(21)31)10-8-17-6-4-3-5-7-17)32-26-22(27)12-18(13-23(26)28)9-11-24(29)30/h3-7,12-16,31H,8-11H2,1-2H3,(H,29,30). The SMILES string of the molecule is CC(C)c1cc(Oc2c(Br)cc(CCC(=O)O)cc2Br)cc(CCc2ccccc2)c1O. The first kappa shape index (κ1) is 24.3. The smallest absolute Gasteiger partial charge is 0.303 e. The Morgan fingerprint density at radius 2 is 1.59 bits per heavy atom. The van der Waals surface area contributed by atoms with Gasteiger partial charge in [0.25, 0.3) is 0 Å². The lowest BCUT2D eigenvalue weighted by Gasteiger charge is -2.17. The van der Waals surface area contributed by atoms with Crippen molar-refractivity contribution in [3.8, 4) is 17.2 Å². The summed E-state index contributed by atoms with van der Waals surface area (Å²) in [5.41, 5.74) is 3.80. The highest BCUT2D eigenvalue weighted by atomic mass is 79.9. The van der Waals surface area contributed by atoms with Crippen molar-refractivity contribution in [3.05, 3.63) is 85.8 Å². The molecule has 0 atom stereocenters. The van der Waals surface area contributed by atoms with Crippen molar-refractivity contribution in [2.45, 2.75) is 45.4 Å². The molecule has 0 fully saturated rings. The number of ether oxygens (including phenoxy) is 1. The Balaban J connectivity index is 1.88. The van der Waals surface area contributed by atoms with Gasteiger partial charge in [-0.15, -0.1) is 0 Å². The molecule has 0 unspecified atom stereocenters. The van der Waals surface area contributed by atoms with Crippen LogP contribution in [-0.2, 0) is 24.1 Å². The minimum absolute atomic E-state index is 0.0690. The molecular formula is C26H26Br2O4. The number of hydrogen-bond donors (Lipinski definition) is 2. The van der Waals surface area contributed by atoms with E-state index >= 15 is 0 Å². The summed E-state index contributed by atoms with van der Waals surface area (Å²) in [6, 6.07) is 17.7. The van der Waals surface area contributed by atoms with Gasteiger partial charge in [0, 0.05) is 12.0 Å². The van der Waals surface area contributed by atoms with E-state index < -0.39 is 5.97 Å². The lowest BCUT2D eigenvalue weighted by molar-refractivity contribution is -0.136. The van der Waals surface area contributed by atoms with Gasteiger partial charge in [0.1, 0.15) is 11.5 Å². The Morgan fingerprint density at radius 1 is 0.938 bits per heavy atom. The highest BCUT2D eigenvalue weighted by molar-refractivity contribution is 9.11. The minimum atomic E-state index is -0.828. The van der Waals surface area contributed by atoms with Crippen LogP contribution >= 0.6 is 31.9 Å². The number of aromatic hydroxyl groups is 1. The molecule has 6 heteroatoms. The number of phenols is 1. The fraction of sp³-hybridized carbons (Fsp3) is 0.269. The molecule has 0 radical (unpaired) electrons. The summed E-state index contributed by atoms with van der Waals surface area (Å²) >= 11 is 7.10. The predicted molar refractivity (Wildman–Crippen MR) is 134 cm³/mol. The van der Waals surface area contributed by atoms with E-state index in [9.17, 15) is 9.90 Å². The van der Waals surface area contributed by atoms with Gasteiger partial charge >= 0.3 is 5.97 Å². The Hall–Kier alpha value is -2.31. The van der Waals surface area contributed by atoms with Gasteiger partial charge in [-0.3, -0.25) is 4.79 Å². The Labute approximate surface area is 205 Å². The van der Waals surface area contributed by atoms with Crippen molar-refractivity contribution in [1.29, 1.82) is 0 Å². The fourth-order valence-electron chi connectivity index (χ4n) is 3.53. The molecule has 0 aromatic heterocycles. The van der Waals surface area contributed by atoms with Crippen LogP contribution in [0.2, 0.25) is 0 Å². The molecule has 0 saturated carbocycles. The topological polar surface area (TPSA) is 66.8 Å². The van der Waals surface area contributed by atoms with E-state index in [1.807, 2.05) is 56.3 Å². The third-order valence-electron chi connectivity index (χ3n) is 5.25. The highest BCUT2D eigenvalue weighted by Gasteiger charge is 2.17. The number of rotatable bonds is 9. The van der Waals surface area contributed by atoms with Crippen molar-refractivity contribution in [2.75, 3.05) is 0 Å². The summed E-state index contributed by atoms with van der Waals surface area (Å²) in [7, 11) is 0. The average molecular weight is 562 g/mol. The van der Waals surface area contributed by atoms with Gasteiger partial charge in [0.15, 0.2) is 5.75 Å². The normalized spacial score (nSPS) is 11.0. The van der Waals surface area contributed by atoms with Crippen molar-refractivity contribution in [1.82, 2.24) is 0 Å².